The Morgan fingerprint density at radius 1 is 1.18 bits per heavy atom. The van der Waals surface area contributed by atoms with E-state index in [1.165, 1.54) is 21.6 Å². The number of aryl methyl sites for hydroxylation is 2. The quantitative estimate of drug-likeness (QED) is 0.526. The van der Waals surface area contributed by atoms with Crippen molar-refractivity contribution in [2.24, 2.45) is 17.3 Å². The molecule has 2 aromatic rings. The molecule has 174 valence electrons. The second-order valence-electron chi connectivity index (χ2n) is 10.8. The van der Waals surface area contributed by atoms with Crippen LogP contribution >= 0.6 is 11.3 Å². The third kappa shape index (κ3) is 3.38. The number of nitrogens with zero attached hydrogens (tertiary/aromatic N) is 1. The number of amides is 1. The van der Waals surface area contributed by atoms with Gasteiger partial charge in [-0.05, 0) is 102 Å². The average molecular weight is 464 g/mol. The lowest BCUT2D eigenvalue weighted by molar-refractivity contribution is -0.129. The zero-order valence-electron chi connectivity index (χ0n) is 19.7. The molecular formula is C28H33NO3S. The van der Waals surface area contributed by atoms with Crippen molar-refractivity contribution < 1.29 is 14.3 Å². The number of ether oxygens (including phenoxy) is 1. The van der Waals surface area contributed by atoms with Crippen LogP contribution < -0.4 is 4.74 Å². The Kier molecular flexibility index (Phi) is 5.17. The van der Waals surface area contributed by atoms with E-state index in [0.717, 1.165) is 69.2 Å². The van der Waals surface area contributed by atoms with Crippen LogP contribution in [0.5, 0.6) is 5.75 Å². The highest BCUT2D eigenvalue weighted by Crippen LogP contribution is 2.59. The summed E-state index contributed by atoms with van der Waals surface area (Å²) in [6.45, 7) is 5.75. The number of thiophene rings is 1. The van der Waals surface area contributed by atoms with E-state index in [1.807, 2.05) is 4.90 Å². The van der Waals surface area contributed by atoms with Crippen LogP contribution in [0.15, 0.2) is 23.6 Å². The van der Waals surface area contributed by atoms with Gasteiger partial charge >= 0.3 is 6.09 Å². The molecule has 5 heteroatoms. The first-order chi connectivity index (χ1) is 16.0. The molecule has 4 nitrogen and oxygen atoms in total. The minimum atomic E-state index is -0.229. The number of carbonyl (C=O) groups excluding carboxylic acids is 2. The number of Topliss-reactive ketones (excluding diaryl/α,β-unsaturated/α-hetero) is 1. The molecule has 0 N–H and O–H groups in total. The van der Waals surface area contributed by atoms with Crippen molar-refractivity contribution in [3.63, 3.8) is 0 Å². The van der Waals surface area contributed by atoms with E-state index in [-0.39, 0.29) is 11.5 Å². The molecule has 1 amide bonds. The average Bonchev–Trinajstić information content (AvgIpc) is 3.42. The molecule has 4 unspecified atom stereocenters. The van der Waals surface area contributed by atoms with Crippen LogP contribution in [0.3, 0.4) is 0 Å². The first-order valence-electron chi connectivity index (χ1n) is 12.7. The number of ketones is 1. The van der Waals surface area contributed by atoms with E-state index >= 15 is 0 Å². The summed E-state index contributed by atoms with van der Waals surface area (Å²) in [6.07, 6.45) is 7.68. The molecule has 2 saturated carbocycles. The van der Waals surface area contributed by atoms with Crippen molar-refractivity contribution in [1.82, 2.24) is 4.90 Å². The molecule has 3 aliphatic carbocycles. The third-order valence-corrected chi connectivity index (χ3v) is 10.3. The maximum Gasteiger partial charge on any atom is 0.415 e. The molecule has 1 aromatic carbocycles. The maximum atomic E-state index is 13.0. The number of carbonyl (C=O) groups is 2. The zero-order valence-corrected chi connectivity index (χ0v) is 20.5. The van der Waals surface area contributed by atoms with Gasteiger partial charge in [0.2, 0.25) is 0 Å². The van der Waals surface area contributed by atoms with Crippen LogP contribution in [-0.2, 0) is 30.6 Å². The monoisotopic (exact) mass is 463 g/mol. The zero-order chi connectivity index (χ0) is 22.7. The maximum absolute atomic E-state index is 13.0. The van der Waals surface area contributed by atoms with Crippen molar-refractivity contribution >= 4 is 23.2 Å². The Bertz CT molecular complexity index is 1120. The number of benzene rings is 1. The SMILES string of the molecule is CCc1cc2c(cc1OC(=O)N1CCc3sccc3C1)CCC1C2CCC2(C)C(=O)CCC12. The molecule has 4 atom stereocenters. The molecule has 4 aliphatic rings. The Labute approximate surface area is 200 Å². The van der Waals surface area contributed by atoms with Crippen LogP contribution in [0.1, 0.15) is 79.0 Å². The predicted octanol–water partition coefficient (Wildman–Crippen LogP) is 6.29. The Morgan fingerprint density at radius 3 is 2.91 bits per heavy atom. The molecule has 0 saturated heterocycles. The van der Waals surface area contributed by atoms with Gasteiger partial charge in [0.1, 0.15) is 11.5 Å². The van der Waals surface area contributed by atoms with Gasteiger partial charge in [-0.2, -0.15) is 0 Å². The largest absolute Gasteiger partial charge is 0.415 e. The van der Waals surface area contributed by atoms with Crippen LogP contribution in [-0.4, -0.2) is 23.3 Å². The molecular weight excluding hydrogens is 430 g/mol. The second-order valence-corrected chi connectivity index (χ2v) is 11.8. The van der Waals surface area contributed by atoms with E-state index in [0.29, 0.717) is 30.1 Å². The first-order valence-corrected chi connectivity index (χ1v) is 13.6. The second kappa shape index (κ2) is 7.97. The number of fused-ring (bicyclic) bond motifs is 6. The standard InChI is InChI=1S/C28H33NO3S/c1-3-17-14-22-18(4-5-21-20(22)8-11-28(2)23(21)6-7-26(28)30)15-24(17)32-27(31)29-12-9-25-19(16-29)10-13-33-25/h10,13-15,20-21,23H,3-9,11-12,16H2,1-2H3. The van der Waals surface area contributed by atoms with Gasteiger partial charge in [-0.1, -0.05) is 19.9 Å². The first kappa shape index (κ1) is 21.4. The molecule has 33 heavy (non-hydrogen) atoms. The van der Waals surface area contributed by atoms with Gasteiger partial charge in [-0.15, -0.1) is 11.3 Å². The van der Waals surface area contributed by atoms with Gasteiger partial charge < -0.3 is 9.64 Å². The summed E-state index contributed by atoms with van der Waals surface area (Å²) in [5.74, 6) is 2.95. The van der Waals surface area contributed by atoms with Gasteiger partial charge in [-0.3, -0.25) is 4.79 Å². The van der Waals surface area contributed by atoms with Crippen LogP contribution in [0.4, 0.5) is 4.79 Å². The summed E-state index contributed by atoms with van der Waals surface area (Å²) in [7, 11) is 0. The fourth-order valence-corrected chi connectivity index (χ4v) is 8.24. The summed E-state index contributed by atoms with van der Waals surface area (Å²) in [4.78, 5) is 28.9. The molecule has 1 aromatic heterocycles. The van der Waals surface area contributed by atoms with Gasteiger partial charge in [0.05, 0.1) is 6.54 Å². The van der Waals surface area contributed by atoms with E-state index < -0.39 is 0 Å². The van der Waals surface area contributed by atoms with Gasteiger partial charge in [0, 0.05) is 23.3 Å². The molecule has 0 radical (unpaired) electrons. The summed E-state index contributed by atoms with van der Waals surface area (Å²) in [5, 5.41) is 2.11. The molecule has 0 bridgehead atoms. The van der Waals surface area contributed by atoms with Crippen molar-refractivity contribution in [2.75, 3.05) is 6.54 Å². The van der Waals surface area contributed by atoms with Crippen LogP contribution in [0.2, 0.25) is 0 Å². The number of hydrogen-bond acceptors (Lipinski definition) is 4. The fraction of sp³-hybridized carbons (Fsp3) is 0.571. The van der Waals surface area contributed by atoms with Gasteiger partial charge in [-0.25, -0.2) is 4.79 Å². The van der Waals surface area contributed by atoms with Gasteiger partial charge in [0.25, 0.3) is 0 Å². The van der Waals surface area contributed by atoms with E-state index in [9.17, 15) is 9.59 Å². The molecule has 0 spiro atoms. The summed E-state index contributed by atoms with van der Waals surface area (Å²) in [6, 6.07) is 6.62. The molecule has 6 rings (SSSR count). The van der Waals surface area contributed by atoms with Crippen LogP contribution in [0, 0.1) is 17.3 Å². The smallest absolute Gasteiger partial charge is 0.410 e. The van der Waals surface area contributed by atoms with E-state index in [4.69, 9.17) is 4.74 Å². The van der Waals surface area contributed by atoms with E-state index in [2.05, 4.69) is 37.4 Å². The molecule has 2 heterocycles. The van der Waals surface area contributed by atoms with Crippen molar-refractivity contribution in [3.8, 4) is 5.75 Å². The third-order valence-electron chi connectivity index (χ3n) is 9.26. The Morgan fingerprint density at radius 2 is 2.06 bits per heavy atom. The van der Waals surface area contributed by atoms with E-state index in [1.54, 1.807) is 11.3 Å². The topological polar surface area (TPSA) is 46.6 Å². The number of hydrogen-bond donors (Lipinski definition) is 0. The predicted molar refractivity (Wildman–Crippen MR) is 130 cm³/mol. The highest BCUT2D eigenvalue weighted by molar-refractivity contribution is 7.10. The highest BCUT2D eigenvalue weighted by atomic mass is 32.1. The fourth-order valence-electron chi connectivity index (χ4n) is 7.35. The Hall–Kier alpha value is -2.14. The van der Waals surface area contributed by atoms with Gasteiger partial charge in [0.15, 0.2) is 0 Å². The van der Waals surface area contributed by atoms with Crippen molar-refractivity contribution in [3.05, 3.63) is 50.7 Å². The normalized spacial score (nSPS) is 30.3. The van der Waals surface area contributed by atoms with Crippen molar-refractivity contribution in [1.29, 1.82) is 0 Å². The summed E-state index contributed by atoms with van der Waals surface area (Å²) >= 11 is 1.78. The minimum Gasteiger partial charge on any atom is -0.410 e. The summed E-state index contributed by atoms with van der Waals surface area (Å²) in [5.41, 5.74) is 5.11. The lowest BCUT2D eigenvalue weighted by Gasteiger charge is -2.48. The lowest BCUT2D eigenvalue weighted by Crippen LogP contribution is -2.42. The van der Waals surface area contributed by atoms with Crippen molar-refractivity contribution in [2.45, 2.75) is 77.7 Å². The Balaban J connectivity index is 1.24. The molecule has 1 aliphatic heterocycles. The highest BCUT2D eigenvalue weighted by Gasteiger charge is 2.54. The summed E-state index contributed by atoms with van der Waals surface area (Å²) < 4.78 is 6.01. The van der Waals surface area contributed by atoms with Crippen LogP contribution in [0.25, 0.3) is 0 Å². The number of rotatable bonds is 2. The minimum absolute atomic E-state index is 0.0848. The molecule has 2 fully saturated rings. The lowest BCUT2D eigenvalue weighted by atomic mass is 9.55.